The second kappa shape index (κ2) is 5.60. The highest BCUT2D eigenvalue weighted by Gasteiger charge is 2.08. The van der Waals surface area contributed by atoms with Crippen LogP contribution < -0.4 is 5.73 Å². The summed E-state index contributed by atoms with van der Waals surface area (Å²) < 4.78 is 3.08. The van der Waals surface area contributed by atoms with Crippen LogP contribution in [0.15, 0.2) is 22.8 Å². The lowest BCUT2D eigenvalue weighted by Crippen LogP contribution is -2.07. The highest BCUT2D eigenvalue weighted by molar-refractivity contribution is 9.10. The van der Waals surface area contributed by atoms with Gasteiger partial charge >= 0.3 is 0 Å². The van der Waals surface area contributed by atoms with E-state index in [4.69, 9.17) is 5.73 Å². The van der Waals surface area contributed by atoms with Crippen molar-refractivity contribution in [3.05, 3.63) is 28.6 Å². The van der Waals surface area contributed by atoms with Gasteiger partial charge in [-0.05, 0) is 53.4 Å². The third-order valence-corrected chi connectivity index (χ3v) is 3.43. The van der Waals surface area contributed by atoms with Gasteiger partial charge in [-0.3, -0.25) is 4.40 Å². The molecule has 1 atom stereocenters. The highest BCUT2D eigenvalue weighted by atomic mass is 79.9. The van der Waals surface area contributed by atoms with Gasteiger partial charge in [-0.1, -0.05) is 6.92 Å². The van der Waals surface area contributed by atoms with Crippen molar-refractivity contribution >= 4 is 21.6 Å². The minimum absolute atomic E-state index is 0.638. The number of aromatic nitrogens is 3. The zero-order chi connectivity index (χ0) is 12.3. The maximum atomic E-state index is 5.55. The summed E-state index contributed by atoms with van der Waals surface area (Å²) in [5.41, 5.74) is 6.45. The Morgan fingerprint density at radius 2 is 2.18 bits per heavy atom. The smallest absolute Gasteiger partial charge is 0.160 e. The van der Waals surface area contributed by atoms with Gasteiger partial charge in [0.25, 0.3) is 0 Å². The van der Waals surface area contributed by atoms with Crippen LogP contribution in [0.3, 0.4) is 0 Å². The largest absolute Gasteiger partial charge is 0.330 e. The molecule has 0 spiro atoms. The molecule has 2 N–H and O–H groups in total. The number of pyridine rings is 1. The minimum Gasteiger partial charge on any atom is -0.330 e. The predicted molar refractivity (Wildman–Crippen MR) is 71.8 cm³/mol. The van der Waals surface area contributed by atoms with E-state index in [0.29, 0.717) is 5.92 Å². The first-order valence-corrected chi connectivity index (χ1v) is 6.69. The van der Waals surface area contributed by atoms with Crippen molar-refractivity contribution in [2.24, 2.45) is 11.7 Å². The standard InChI is InChI=1S/C12H17BrN4/c1-9(6-7-14)2-4-11-15-16-12-5-3-10(13)8-17(11)12/h3,5,8-9H,2,4,6-7,14H2,1H3. The van der Waals surface area contributed by atoms with Crippen LogP contribution in [0.2, 0.25) is 0 Å². The summed E-state index contributed by atoms with van der Waals surface area (Å²) in [6.45, 7) is 2.99. The minimum atomic E-state index is 0.638. The van der Waals surface area contributed by atoms with Gasteiger partial charge in [-0.2, -0.15) is 0 Å². The van der Waals surface area contributed by atoms with Gasteiger partial charge in [-0.15, -0.1) is 10.2 Å². The molecular weight excluding hydrogens is 280 g/mol. The van der Waals surface area contributed by atoms with Gasteiger partial charge in [0, 0.05) is 17.1 Å². The molecule has 1 unspecified atom stereocenters. The molecule has 0 fully saturated rings. The van der Waals surface area contributed by atoms with Gasteiger partial charge in [0.2, 0.25) is 0 Å². The van der Waals surface area contributed by atoms with Crippen LogP contribution in [0.1, 0.15) is 25.6 Å². The zero-order valence-corrected chi connectivity index (χ0v) is 11.5. The van der Waals surface area contributed by atoms with E-state index in [-0.39, 0.29) is 0 Å². The number of fused-ring (bicyclic) bond motifs is 1. The molecule has 4 nitrogen and oxygen atoms in total. The van der Waals surface area contributed by atoms with E-state index in [1.165, 1.54) is 0 Å². The summed E-state index contributed by atoms with van der Waals surface area (Å²) >= 11 is 3.46. The molecular formula is C12H17BrN4. The van der Waals surface area contributed by atoms with Gasteiger partial charge in [0.1, 0.15) is 5.82 Å². The Morgan fingerprint density at radius 1 is 1.35 bits per heavy atom. The first kappa shape index (κ1) is 12.5. The lowest BCUT2D eigenvalue weighted by molar-refractivity contribution is 0.492. The summed E-state index contributed by atoms with van der Waals surface area (Å²) in [4.78, 5) is 0. The Morgan fingerprint density at radius 3 is 2.94 bits per heavy atom. The molecule has 5 heteroatoms. The molecule has 0 aromatic carbocycles. The summed E-state index contributed by atoms with van der Waals surface area (Å²) in [6, 6.07) is 3.94. The molecule has 0 aliphatic heterocycles. The fraction of sp³-hybridized carbons (Fsp3) is 0.500. The zero-order valence-electron chi connectivity index (χ0n) is 9.93. The van der Waals surface area contributed by atoms with Crippen LogP contribution in [0.4, 0.5) is 0 Å². The number of nitrogens with two attached hydrogens (primary N) is 1. The Labute approximate surface area is 109 Å². The van der Waals surface area contributed by atoms with Crippen LogP contribution >= 0.6 is 15.9 Å². The monoisotopic (exact) mass is 296 g/mol. The van der Waals surface area contributed by atoms with Gasteiger partial charge in [0.15, 0.2) is 5.65 Å². The quantitative estimate of drug-likeness (QED) is 0.922. The average Bonchev–Trinajstić information content (AvgIpc) is 2.69. The number of rotatable bonds is 5. The van der Waals surface area contributed by atoms with Crippen molar-refractivity contribution in [2.45, 2.75) is 26.2 Å². The number of nitrogens with zero attached hydrogens (tertiary/aromatic N) is 3. The Hall–Kier alpha value is -0.940. The van der Waals surface area contributed by atoms with E-state index < -0.39 is 0 Å². The van der Waals surface area contributed by atoms with Crippen molar-refractivity contribution in [1.82, 2.24) is 14.6 Å². The summed E-state index contributed by atoms with van der Waals surface area (Å²) in [5, 5.41) is 8.38. The van der Waals surface area contributed by atoms with E-state index in [9.17, 15) is 0 Å². The van der Waals surface area contributed by atoms with E-state index in [0.717, 1.165) is 41.8 Å². The Bertz CT molecular complexity index is 494. The predicted octanol–water partition coefficient (Wildman–Crippen LogP) is 2.41. The van der Waals surface area contributed by atoms with Crippen LogP contribution in [-0.2, 0) is 6.42 Å². The normalized spacial score (nSPS) is 13.1. The lowest BCUT2D eigenvalue weighted by atomic mass is 10.0. The SMILES string of the molecule is CC(CCN)CCc1nnc2ccc(Br)cn12. The summed E-state index contributed by atoms with van der Waals surface area (Å²) in [7, 11) is 0. The third kappa shape index (κ3) is 3.04. The van der Waals surface area contributed by atoms with Gasteiger partial charge < -0.3 is 5.73 Å². The molecule has 2 aromatic heterocycles. The van der Waals surface area contributed by atoms with Crippen LogP contribution in [0.5, 0.6) is 0 Å². The fourth-order valence-electron chi connectivity index (χ4n) is 1.89. The lowest BCUT2D eigenvalue weighted by Gasteiger charge is -2.08. The first-order chi connectivity index (χ1) is 8.20. The third-order valence-electron chi connectivity index (χ3n) is 2.96. The fourth-order valence-corrected chi connectivity index (χ4v) is 2.22. The van der Waals surface area contributed by atoms with Gasteiger partial charge in [0.05, 0.1) is 0 Å². The molecule has 17 heavy (non-hydrogen) atoms. The summed E-state index contributed by atoms with van der Waals surface area (Å²) in [5.74, 6) is 1.66. The second-order valence-electron chi connectivity index (χ2n) is 4.41. The van der Waals surface area contributed by atoms with Crippen LogP contribution in [0.25, 0.3) is 5.65 Å². The molecule has 0 aliphatic rings. The molecule has 2 aromatic rings. The Kier molecular flexibility index (Phi) is 4.12. The average molecular weight is 297 g/mol. The van der Waals surface area contributed by atoms with Crippen molar-refractivity contribution in [3.8, 4) is 0 Å². The van der Waals surface area contributed by atoms with Crippen LogP contribution in [-0.4, -0.2) is 21.1 Å². The molecule has 0 saturated carbocycles. The van der Waals surface area contributed by atoms with Crippen molar-refractivity contribution in [3.63, 3.8) is 0 Å². The van der Waals surface area contributed by atoms with Gasteiger partial charge in [-0.25, -0.2) is 0 Å². The van der Waals surface area contributed by atoms with E-state index in [1.54, 1.807) is 0 Å². The number of hydrogen-bond donors (Lipinski definition) is 1. The van der Waals surface area contributed by atoms with E-state index in [2.05, 4.69) is 33.1 Å². The van der Waals surface area contributed by atoms with Crippen LogP contribution in [0, 0.1) is 5.92 Å². The molecule has 0 bridgehead atoms. The maximum absolute atomic E-state index is 5.55. The molecule has 0 radical (unpaired) electrons. The van der Waals surface area contributed by atoms with E-state index in [1.807, 2.05) is 22.7 Å². The van der Waals surface area contributed by atoms with Crippen molar-refractivity contribution in [2.75, 3.05) is 6.54 Å². The molecule has 92 valence electrons. The number of halogens is 1. The number of hydrogen-bond acceptors (Lipinski definition) is 3. The molecule has 0 aliphatic carbocycles. The highest BCUT2D eigenvalue weighted by Crippen LogP contribution is 2.15. The van der Waals surface area contributed by atoms with Crippen molar-refractivity contribution < 1.29 is 0 Å². The first-order valence-electron chi connectivity index (χ1n) is 5.90. The topological polar surface area (TPSA) is 56.2 Å². The Balaban J connectivity index is 2.10. The molecule has 2 rings (SSSR count). The molecule has 0 amide bonds. The molecule has 2 heterocycles. The number of aryl methyl sites for hydroxylation is 1. The van der Waals surface area contributed by atoms with Crippen molar-refractivity contribution in [1.29, 1.82) is 0 Å². The molecule has 0 saturated heterocycles. The summed E-state index contributed by atoms with van der Waals surface area (Å²) in [6.07, 6.45) is 5.13. The maximum Gasteiger partial charge on any atom is 0.160 e. The second-order valence-corrected chi connectivity index (χ2v) is 5.33. The van der Waals surface area contributed by atoms with E-state index >= 15 is 0 Å².